The number of fused-ring (bicyclic) bond motifs is 3. The number of ether oxygens (including phenoxy) is 1. The summed E-state index contributed by atoms with van der Waals surface area (Å²) in [5.74, 6) is 0.669. The number of hydrogen-bond acceptors (Lipinski definition) is 2. The van der Waals surface area contributed by atoms with E-state index in [0.717, 1.165) is 16.7 Å². The average molecular weight is 539 g/mol. The molecule has 0 saturated carbocycles. The summed E-state index contributed by atoms with van der Waals surface area (Å²) >= 11 is 0. The van der Waals surface area contributed by atoms with E-state index in [-0.39, 0.29) is 11.4 Å². The summed E-state index contributed by atoms with van der Waals surface area (Å²) in [5.41, 5.74) is 11.0. The lowest BCUT2D eigenvalue weighted by Crippen LogP contribution is -2.29. The Morgan fingerprint density at radius 1 is 0.707 bits per heavy atom. The maximum atomic E-state index is 9.78. The van der Waals surface area contributed by atoms with Gasteiger partial charge in [0.25, 0.3) is 0 Å². The average Bonchev–Trinajstić information content (AvgIpc) is 3.22. The van der Waals surface area contributed by atoms with Crippen LogP contribution in [0.2, 0.25) is 0 Å². The lowest BCUT2D eigenvalue weighted by molar-refractivity contribution is 0.0611. The van der Waals surface area contributed by atoms with Crippen molar-refractivity contribution in [2.24, 2.45) is 0 Å². The topological polar surface area (TPSA) is 29.5 Å². The normalized spacial score (nSPS) is 13.8. The minimum atomic E-state index is -0.533. The lowest BCUT2D eigenvalue weighted by Gasteiger charge is -2.34. The van der Waals surface area contributed by atoms with Crippen LogP contribution in [-0.4, -0.2) is 10.7 Å². The lowest BCUT2D eigenvalue weighted by atomic mass is 9.67. The van der Waals surface area contributed by atoms with Crippen molar-refractivity contribution < 1.29 is 9.84 Å². The molecular formula is C39H38O2. The first kappa shape index (κ1) is 28.0. The molecule has 5 rings (SSSR count). The van der Waals surface area contributed by atoms with Crippen molar-refractivity contribution in [2.75, 3.05) is 0 Å². The number of hydrogen-bond donors (Lipinski definition) is 1. The number of benzene rings is 4. The second-order valence-electron chi connectivity index (χ2n) is 11.8. The third-order valence-electron chi connectivity index (χ3n) is 7.72. The van der Waals surface area contributed by atoms with Crippen LogP contribution in [0.5, 0.6) is 0 Å². The fraction of sp³-hybridized carbons (Fsp3) is 0.179. The smallest absolute Gasteiger partial charge is 0.112 e. The molecule has 0 aliphatic heterocycles. The fourth-order valence-corrected chi connectivity index (χ4v) is 5.93. The van der Waals surface area contributed by atoms with E-state index in [0.29, 0.717) is 5.76 Å². The zero-order chi connectivity index (χ0) is 29.4. The summed E-state index contributed by atoms with van der Waals surface area (Å²) in [6.45, 7) is 18.1. The van der Waals surface area contributed by atoms with Crippen molar-refractivity contribution in [3.05, 3.63) is 166 Å². The van der Waals surface area contributed by atoms with Crippen LogP contribution in [0.25, 0.3) is 23.3 Å². The molecule has 4 aromatic carbocycles. The molecule has 1 aliphatic carbocycles. The molecule has 0 saturated heterocycles. The van der Waals surface area contributed by atoms with Crippen molar-refractivity contribution >= 4 is 12.2 Å². The molecule has 1 aliphatic rings. The predicted octanol–water partition coefficient (Wildman–Crippen LogP) is 10.1. The predicted molar refractivity (Wildman–Crippen MR) is 173 cm³/mol. The Morgan fingerprint density at radius 2 is 1.17 bits per heavy atom. The van der Waals surface area contributed by atoms with Gasteiger partial charge in [-0.05, 0) is 115 Å². The molecule has 206 valence electrons. The van der Waals surface area contributed by atoms with Crippen molar-refractivity contribution in [1.82, 2.24) is 0 Å². The SMILES string of the molecule is C=C(O)/C=C\c1cc(C2(c3ccc(C)c(/C=C\C(=C)OC(C)(C)C)c3)c3ccccc3-c3ccccc32)ccc1C. The number of rotatable bonds is 7. The van der Waals surface area contributed by atoms with E-state index < -0.39 is 5.41 Å². The van der Waals surface area contributed by atoms with Crippen LogP contribution in [0.3, 0.4) is 0 Å². The second kappa shape index (κ2) is 10.8. The van der Waals surface area contributed by atoms with Gasteiger partial charge in [0.2, 0.25) is 0 Å². The van der Waals surface area contributed by atoms with Gasteiger partial charge in [-0.3, -0.25) is 0 Å². The first-order valence-electron chi connectivity index (χ1n) is 14.0. The molecule has 2 heteroatoms. The Balaban J connectivity index is 1.78. The number of aryl methyl sites for hydroxylation is 2. The first-order chi connectivity index (χ1) is 19.5. The molecule has 0 heterocycles. The Kier molecular flexibility index (Phi) is 7.36. The summed E-state index contributed by atoms with van der Waals surface area (Å²) in [7, 11) is 0. The van der Waals surface area contributed by atoms with E-state index in [1.54, 1.807) is 6.08 Å². The summed E-state index contributed by atoms with van der Waals surface area (Å²) in [6.07, 6.45) is 7.64. The van der Waals surface area contributed by atoms with Gasteiger partial charge in [-0.25, -0.2) is 0 Å². The minimum absolute atomic E-state index is 0.0352. The number of aliphatic hydroxyl groups excluding tert-OH is 1. The molecule has 41 heavy (non-hydrogen) atoms. The van der Waals surface area contributed by atoms with Gasteiger partial charge in [-0.1, -0.05) is 98.1 Å². The van der Waals surface area contributed by atoms with Crippen molar-refractivity contribution in [3.63, 3.8) is 0 Å². The van der Waals surface area contributed by atoms with Gasteiger partial charge in [-0.15, -0.1) is 0 Å². The summed E-state index contributed by atoms with van der Waals surface area (Å²) in [4.78, 5) is 0. The summed E-state index contributed by atoms with van der Waals surface area (Å²) in [6, 6.07) is 30.9. The third kappa shape index (κ3) is 5.30. The highest BCUT2D eigenvalue weighted by molar-refractivity contribution is 5.86. The van der Waals surface area contributed by atoms with E-state index >= 15 is 0 Å². The summed E-state index contributed by atoms with van der Waals surface area (Å²) in [5, 5.41) is 9.78. The van der Waals surface area contributed by atoms with Gasteiger partial charge in [-0.2, -0.15) is 0 Å². The number of allylic oxidation sites excluding steroid dienone is 2. The molecule has 0 unspecified atom stereocenters. The quantitative estimate of drug-likeness (QED) is 0.165. The second-order valence-corrected chi connectivity index (χ2v) is 11.8. The van der Waals surface area contributed by atoms with Crippen LogP contribution in [0.4, 0.5) is 0 Å². The molecule has 2 nitrogen and oxygen atoms in total. The van der Waals surface area contributed by atoms with Crippen LogP contribution in [0.15, 0.2) is 122 Å². The monoisotopic (exact) mass is 538 g/mol. The Labute approximate surface area is 244 Å². The van der Waals surface area contributed by atoms with Crippen molar-refractivity contribution in [3.8, 4) is 11.1 Å². The highest BCUT2D eigenvalue weighted by atomic mass is 16.5. The van der Waals surface area contributed by atoms with Gasteiger partial charge in [0.05, 0.1) is 5.41 Å². The van der Waals surface area contributed by atoms with Crippen LogP contribution >= 0.6 is 0 Å². The summed E-state index contributed by atoms with van der Waals surface area (Å²) < 4.78 is 5.96. The van der Waals surface area contributed by atoms with Crippen molar-refractivity contribution in [1.29, 1.82) is 0 Å². The molecule has 4 aromatic rings. The van der Waals surface area contributed by atoms with Gasteiger partial charge in [0.15, 0.2) is 0 Å². The molecule has 0 atom stereocenters. The maximum absolute atomic E-state index is 9.78. The molecule has 0 amide bonds. The Morgan fingerprint density at radius 3 is 1.63 bits per heavy atom. The van der Waals surface area contributed by atoms with E-state index in [1.807, 2.05) is 32.9 Å². The fourth-order valence-electron chi connectivity index (χ4n) is 5.93. The van der Waals surface area contributed by atoms with E-state index in [2.05, 4.69) is 118 Å². The Hall–Kier alpha value is -4.56. The minimum Gasteiger partial charge on any atom is -0.509 e. The largest absolute Gasteiger partial charge is 0.509 e. The zero-order valence-electron chi connectivity index (χ0n) is 24.7. The molecule has 0 bridgehead atoms. The van der Waals surface area contributed by atoms with Gasteiger partial charge >= 0.3 is 0 Å². The van der Waals surface area contributed by atoms with Crippen LogP contribution < -0.4 is 0 Å². The molecule has 1 N–H and O–H groups in total. The van der Waals surface area contributed by atoms with Crippen LogP contribution in [0, 0.1) is 13.8 Å². The standard InChI is InChI=1S/C39H38O2/c1-26-16-22-32(24-30(26)20-18-28(3)40)39(36-14-10-8-12-34(36)35-13-9-11-15-37(35)39)33-23-17-27(2)31(25-33)21-19-29(4)41-38(5,6)7/h8-25,40H,3-4H2,1-2,5-7H3/b20-18-,21-19-. The zero-order valence-corrected chi connectivity index (χ0v) is 24.7. The number of aliphatic hydroxyl groups is 1. The highest BCUT2D eigenvalue weighted by Crippen LogP contribution is 2.56. The van der Waals surface area contributed by atoms with E-state index in [1.165, 1.54) is 38.9 Å². The molecule has 0 aromatic heterocycles. The third-order valence-corrected chi connectivity index (χ3v) is 7.72. The van der Waals surface area contributed by atoms with Crippen LogP contribution in [-0.2, 0) is 10.2 Å². The van der Waals surface area contributed by atoms with Gasteiger partial charge < -0.3 is 9.84 Å². The van der Waals surface area contributed by atoms with E-state index in [9.17, 15) is 5.11 Å². The van der Waals surface area contributed by atoms with Gasteiger partial charge in [0.1, 0.15) is 17.1 Å². The molecule has 0 fully saturated rings. The van der Waals surface area contributed by atoms with E-state index in [4.69, 9.17) is 4.74 Å². The Bertz CT molecular complexity index is 1660. The highest BCUT2D eigenvalue weighted by Gasteiger charge is 2.46. The van der Waals surface area contributed by atoms with Gasteiger partial charge in [0, 0.05) is 0 Å². The van der Waals surface area contributed by atoms with Crippen LogP contribution in [0.1, 0.15) is 65.3 Å². The molecular weight excluding hydrogens is 500 g/mol. The maximum Gasteiger partial charge on any atom is 0.112 e. The van der Waals surface area contributed by atoms with Crippen molar-refractivity contribution in [2.45, 2.75) is 45.6 Å². The molecule has 0 radical (unpaired) electrons. The molecule has 0 spiro atoms. The first-order valence-corrected chi connectivity index (χ1v) is 14.0.